The SMILES string of the molecule is Cc1cccc(C(C)C(=O)N2CCC(O)CC2)c1. The molecular weight excluding hydrogens is 226 g/mol. The van der Waals surface area contributed by atoms with E-state index < -0.39 is 0 Å². The third kappa shape index (κ3) is 2.91. The van der Waals surface area contributed by atoms with Gasteiger partial charge < -0.3 is 10.0 Å². The van der Waals surface area contributed by atoms with Gasteiger partial charge >= 0.3 is 0 Å². The summed E-state index contributed by atoms with van der Waals surface area (Å²) in [7, 11) is 0. The first kappa shape index (κ1) is 13.1. The van der Waals surface area contributed by atoms with Crippen molar-refractivity contribution in [2.75, 3.05) is 13.1 Å². The van der Waals surface area contributed by atoms with Gasteiger partial charge in [-0.25, -0.2) is 0 Å². The Hall–Kier alpha value is -1.35. The predicted molar refractivity (Wildman–Crippen MR) is 71.4 cm³/mol. The number of aryl methyl sites for hydroxylation is 1. The molecule has 1 aliphatic heterocycles. The first-order chi connectivity index (χ1) is 8.58. The summed E-state index contributed by atoms with van der Waals surface area (Å²) in [6, 6.07) is 8.11. The number of rotatable bonds is 2. The summed E-state index contributed by atoms with van der Waals surface area (Å²) >= 11 is 0. The van der Waals surface area contributed by atoms with Gasteiger partial charge in [0.25, 0.3) is 0 Å². The van der Waals surface area contributed by atoms with Crippen LogP contribution in [0.5, 0.6) is 0 Å². The average Bonchev–Trinajstić information content (AvgIpc) is 2.38. The van der Waals surface area contributed by atoms with E-state index in [1.54, 1.807) is 0 Å². The third-order valence-corrected chi connectivity index (χ3v) is 3.69. The molecule has 2 rings (SSSR count). The molecule has 1 N–H and O–H groups in total. The van der Waals surface area contributed by atoms with E-state index in [0.717, 1.165) is 5.56 Å². The fraction of sp³-hybridized carbons (Fsp3) is 0.533. The number of carbonyl (C=O) groups excluding carboxylic acids is 1. The standard InChI is InChI=1S/C15H21NO2/c1-11-4-3-5-13(10-11)12(2)15(18)16-8-6-14(17)7-9-16/h3-5,10,12,14,17H,6-9H2,1-2H3. The van der Waals surface area contributed by atoms with Gasteiger partial charge in [-0.05, 0) is 32.3 Å². The molecule has 1 atom stereocenters. The minimum absolute atomic E-state index is 0.0971. The molecule has 1 amide bonds. The minimum Gasteiger partial charge on any atom is -0.393 e. The first-order valence-corrected chi connectivity index (χ1v) is 6.61. The molecule has 1 aliphatic rings. The van der Waals surface area contributed by atoms with Crippen molar-refractivity contribution in [2.45, 2.75) is 38.7 Å². The predicted octanol–water partition coefficient (Wildman–Crippen LogP) is 2.08. The molecule has 3 nitrogen and oxygen atoms in total. The van der Waals surface area contributed by atoms with Crippen molar-refractivity contribution in [1.29, 1.82) is 0 Å². The number of aliphatic hydroxyl groups excluding tert-OH is 1. The topological polar surface area (TPSA) is 40.5 Å². The highest BCUT2D eigenvalue weighted by molar-refractivity contribution is 5.83. The van der Waals surface area contributed by atoms with Crippen molar-refractivity contribution in [3.05, 3.63) is 35.4 Å². The normalized spacial score (nSPS) is 18.7. The first-order valence-electron chi connectivity index (χ1n) is 6.61. The lowest BCUT2D eigenvalue weighted by Crippen LogP contribution is -2.41. The molecule has 0 aromatic heterocycles. The summed E-state index contributed by atoms with van der Waals surface area (Å²) in [6.07, 6.45) is 1.17. The smallest absolute Gasteiger partial charge is 0.229 e. The molecule has 1 unspecified atom stereocenters. The van der Waals surface area contributed by atoms with Crippen LogP contribution >= 0.6 is 0 Å². The Morgan fingerprint density at radius 1 is 1.39 bits per heavy atom. The molecule has 0 aliphatic carbocycles. The van der Waals surface area contributed by atoms with Crippen LogP contribution in [0.25, 0.3) is 0 Å². The summed E-state index contributed by atoms with van der Waals surface area (Å²) in [6.45, 7) is 5.35. The van der Waals surface area contributed by atoms with Crippen molar-refractivity contribution in [3.63, 3.8) is 0 Å². The molecule has 1 heterocycles. The van der Waals surface area contributed by atoms with E-state index >= 15 is 0 Å². The van der Waals surface area contributed by atoms with E-state index in [2.05, 4.69) is 6.07 Å². The number of carbonyl (C=O) groups is 1. The van der Waals surface area contributed by atoms with E-state index in [4.69, 9.17) is 0 Å². The maximum atomic E-state index is 12.4. The Bertz CT molecular complexity index is 422. The lowest BCUT2D eigenvalue weighted by atomic mass is 9.96. The van der Waals surface area contributed by atoms with Crippen LogP contribution in [0, 0.1) is 6.92 Å². The summed E-state index contributed by atoms with van der Waals surface area (Å²) in [5.41, 5.74) is 2.26. The molecule has 0 spiro atoms. The van der Waals surface area contributed by atoms with Crippen molar-refractivity contribution in [1.82, 2.24) is 4.90 Å². The van der Waals surface area contributed by atoms with Crippen LogP contribution in [0.15, 0.2) is 24.3 Å². The summed E-state index contributed by atoms with van der Waals surface area (Å²) in [5.74, 6) is 0.0765. The zero-order chi connectivity index (χ0) is 13.1. The number of hydrogen-bond acceptors (Lipinski definition) is 2. The number of likely N-dealkylation sites (tertiary alicyclic amines) is 1. The summed E-state index contributed by atoms with van der Waals surface area (Å²) in [5, 5.41) is 9.46. The number of aliphatic hydroxyl groups is 1. The highest BCUT2D eigenvalue weighted by atomic mass is 16.3. The zero-order valence-corrected chi connectivity index (χ0v) is 11.1. The molecule has 1 aromatic carbocycles. The monoisotopic (exact) mass is 247 g/mol. The van der Waals surface area contributed by atoms with Gasteiger partial charge in [0, 0.05) is 13.1 Å². The number of benzene rings is 1. The molecule has 0 radical (unpaired) electrons. The lowest BCUT2D eigenvalue weighted by Gasteiger charge is -2.31. The molecule has 98 valence electrons. The minimum atomic E-state index is -0.233. The van der Waals surface area contributed by atoms with Crippen LogP contribution in [-0.4, -0.2) is 35.1 Å². The Morgan fingerprint density at radius 2 is 2.06 bits per heavy atom. The van der Waals surface area contributed by atoms with E-state index in [9.17, 15) is 9.90 Å². The molecule has 1 aromatic rings. The molecule has 1 saturated heterocycles. The van der Waals surface area contributed by atoms with Gasteiger partial charge in [-0.2, -0.15) is 0 Å². The van der Waals surface area contributed by atoms with Crippen molar-refractivity contribution >= 4 is 5.91 Å². The van der Waals surface area contributed by atoms with Crippen LogP contribution in [0.1, 0.15) is 36.8 Å². The van der Waals surface area contributed by atoms with E-state index in [1.165, 1.54) is 5.56 Å². The third-order valence-electron chi connectivity index (χ3n) is 3.69. The van der Waals surface area contributed by atoms with Crippen molar-refractivity contribution < 1.29 is 9.90 Å². The van der Waals surface area contributed by atoms with Gasteiger partial charge in [-0.15, -0.1) is 0 Å². The Morgan fingerprint density at radius 3 is 2.67 bits per heavy atom. The van der Waals surface area contributed by atoms with Gasteiger partial charge in [-0.3, -0.25) is 4.79 Å². The molecule has 3 heteroatoms. The molecular formula is C15H21NO2. The second-order valence-electron chi connectivity index (χ2n) is 5.19. The van der Waals surface area contributed by atoms with Gasteiger partial charge in [0.1, 0.15) is 0 Å². The number of hydrogen-bond donors (Lipinski definition) is 1. The Kier molecular flexibility index (Phi) is 4.02. The molecule has 1 fully saturated rings. The van der Waals surface area contributed by atoms with E-state index in [0.29, 0.717) is 25.9 Å². The molecule has 18 heavy (non-hydrogen) atoms. The van der Waals surface area contributed by atoms with Crippen molar-refractivity contribution in [3.8, 4) is 0 Å². The highest BCUT2D eigenvalue weighted by Gasteiger charge is 2.25. The maximum Gasteiger partial charge on any atom is 0.229 e. The largest absolute Gasteiger partial charge is 0.393 e. The number of piperidine rings is 1. The van der Waals surface area contributed by atoms with Gasteiger partial charge in [0.05, 0.1) is 12.0 Å². The fourth-order valence-corrected chi connectivity index (χ4v) is 2.44. The van der Waals surface area contributed by atoms with Gasteiger partial charge in [-0.1, -0.05) is 29.8 Å². The van der Waals surface area contributed by atoms with Crippen LogP contribution in [0.2, 0.25) is 0 Å². The summed E-state index contributed by atoms with van der Waals surface area (Å²) in [4.78, 5) is 14.2. The van der Waals surface area contributed by atoms with Crippen molar-refractivity contribution in [2.24, 2.45) is 0 Å². The van der Waals surface area contributed by atoms with Crippen LogP contribution in [-0.2, 0) is 4.79 Å². The van der Waals surface area contributed by atoms with Gasteiger partial charge in [0.15, 0.2) is 0 Å². The second kappa shape index (κ2) is 5.53. The Balaban J connectivity index is 2.04. The number of amides is 1. The second-order valence-corrected chi connectivity index (χ2v) is 5.19. The van der Waals surface area contributed by atoms with Gasteiger partial charge in [0.2, 0.25) is 5.91 Å². The lowest BCUT2D eigenvalue weighted by molar-refractivity contribution is -0.134. The molecule has 0 saturated carbocycles. The quantitative estimate of drug-likeness (QED) is 0.869. The molecule has 0 bridgehead atoms. The average molecular weight is 247 g/mol. The van der Waals surface area contributed by atoms with Crippen LogP contribution in [0.4, 0.5) is 0 Å². The summed E-state index contributed by atoms with van der Waals surface area (Å²) < 4.78 is 0. The highest BCUT2D eigenvalue weighted by Crippen LogP contribution is 2.21. The zero-order valence-electron chi connectivity index (χ0n) is 11.1. The van der Waals surface area contributed by atoms with E-state index in [-0.39, 0.29) is 17.9 Å². The number of nitrogens with zero attached hydrogens (tertiary/aromatic N) is 1. The fourth-order valence-electron chi connectivity index (χ4n) is 2.44. The van der Waals surface area contributed by atoms with Crippen LogP contribution in [0.3, 0.4) is 0 Å². The maximum absolute atomic E-state index is 12.4. The van der Waals surface area contributed by atoms with Crippen LogP contribution < -0.4 is 0 Å². The Labute approximate surface area is 108 Å². The van der Waals surface area contributed by atoms with E-state index in [1.807, 2.05) is 36.9 Å².